The van der Waals surface area contributed by atoms with E-state index in [0.29, 0.717) is 16.6 Å². The molecular formula is C10H9Cl2N5O. The standard InChI is InChI=1S/C10H9Cl2N5O/c11-7(12)9(18)15-4-1-2-6-5(3-4)8(13)17-10(14)16-6/h1-3,7H,(H,15,18)(H4,13,14,16,17). The number of amides is 1. The first-order valence-electron chi connectivity index (χ1n) is 4.89. The normalized spacial score (nSPS) is 10.8. The molecule has 0 fully saturated rings. The molecule has 0 unspecified atom stereocenters. The SMILES string of the molecule is Nc1nc(N)c2cc(NC(=O)C(Cl)Cl)ccc2n1. The lowest BCUT2D eigenvalue weighted by molar-refractivity contribution is -0.114. The van der Waals surface area contributed by atoms with Crippen molar-refractivity contribution in [3.8, 4) is 0 Å². The molecule has 0 spiro atoms. The zero-order valence-corrected chi connectivity index (χ0v) is 10.5. The minimum Gasteiger partial charge on any atom is -0.383 e. The van der Waals surface area contributed by atoms with Crippen LogP contribution in [0, 0.1) is 0 Å². The summed E-state index contributed by atoms with van der Waals surface area (Å²) < 4.78 is 0. The van der Waals surface area contributed by atoms with E-state index in [1.54, 1.807) is 18.2 Å². The Balaban J connectivity index is 2.41. The van der Waals surface area contributed by atoms with Crippen molar-refractivity contribution >= 4 is 57.5 Å². The molecule has 0 bridgehead atoms. The number of anilines is 3. The predicted molar refractivity (Wildman–Crippen MR) is 72.5 cm³/mol. The second-order valence-corrected chi connectivity index (χ2v) is 4.59. The number of nitrogen functional groups attached to an aromatic ring is 2. The van der Waals surface area contributed by atoms with Gasteiger partial charge in [-0.1, -0.05) is 23.2 Å². The fourth-order valence-electron chi connectivity index (χ4n) is 1.45. The van der Waals surface area contributed by atoms with E-state index in [1.807, 2.05) is 0 Å². The molecular weight excluding hydrogens is 277 g/mol. The van der Waals surface area contributed by atoms with Crippen LogP contribution >= 0.6 is 23.2 Å². The van der Waals surface area contributed by atoms with E-state index in [2.05, 4.69) is 15.3 Å². The van der Waals surface area contributed by atoms with Crippen LogP contribution in [0.25, 0.3) is 10.9 Å². The van der Waals surface area contributed by atoms with Gasteiger partial charge >= 0.3 is 0 Å². The molecule has 94 valence electrons. The van der Waals surface area contributed by atoms with Gasteiger partial charge in [0.2, 0.25) is 5.95 Å². The topological polar surface area (TPSA) is 107 Å². The molecule has 1 amide bonds. The van der Waals surface area contributed by atoms with Crippen LogP contribution in [0.5, 0.6) is 0 Å². The zero-order chi connectivity index (χ0) is 13.3. The highest BCUT2D eigenvalue weighted by Gasteiger charge is 2.12. The van der Waals surface area contributed by atoms with E-state index in [-0.39, 0.29) is 11.8 Å². The van der Waals surface area contributed by atoms with E-state index >= 15 is 0 Å². The number of carbonyl (C=O) groups excluding carboxylic acids is 1. The number of halogens is 2. The minimum atomic E-state index is -1.14. The first kappa shape index (κ1) is 12.7. The van der Waals surface area contributed by atoms with Gasteiger partial charge in [-0.15, -0.1) is 0 Å². The van der Waals surface area contributed by atoms with Gasteiger partial charge in [-0.3, -0.25) is 4.79 Å². The molecule has 0 aliphatic carbocycles. The van der Waals surface area contributed by atoms with Gasteiger partial charge in [-0.25, -0.2) is 4.98 Å². The second-order valence-electron chi connectivity index (χ2n) is 3.49. The Morgan fingerprint density at radius 3 is 2.67 bits per heavy atom. The molecule has 0 saturated heterocycles. The number of benzene rings is 1. The van der Waals surface area contributed by atoms with Crippen molar-refractivity contribution in [1.82, 2.24) is 9.97 Å². The summed E-state index contributed by atoms with van der Waals surface area (Å²) in [6.45, 7) is 0. The van der Waals surface area contributed by atoms with E-state index < -0.39 is 10.7 Å². The third-order valence-electron chi connectivity index (χ3n) is 2.21. The van der Waals surface area contributed by atoms with E-state index in [1.165, 1.54) is 0 Å². The van der Waals surface area contributed by atoms with Gasteiger partial charge < -0.3 is 16.8 Å². The maximum atomic E-state index is 11.3. The van der Waals surface area contributed by atoms with Gasteiger partial charge in [-0.2, -0.15) is 4.98 Å². The fraction of sp³-hybridized carbons (Fsp3) is 0.100. The lowest BCUT2D eigenvalue weighted by atomic mass is 10.2. The molecule has 6 nitrogen and oxygen atoms in total. The van der Waals surface area contributed by atoms with Crippen molar-refractivity contribution in [2.75, 3.05) is 16.8 Å². The first-order chi connectivity index (χ1) is 8.47. The van der Waals surface area contributed by atoms with E-state index in [0.717, 1.165) is 0 Å². The van der Waals surface area contributed by atoms with Gasteiger partial charge in [0, 0.05) is 11.1 Å². The van der Waals surface area contributed by atoms with Gasteiger partial charge in [0.25, 0.3) is 5.91 Å². The summed E-state index contributed by atoms with van der Waals surface area (Å²) in [6, 6.07) is 4.93. The summed E-state index contributed by atoms with van der Waals surface area (Å²) in [5.41, 5.74) is 12.3. The zero-order valence-electron chi connectivity index (χ0n) is 9.02. The lowest BCUT2D eigenvalue weighted by Gasteiger charge is -2.07. The number of hydrogen-bond acceptors (Lipinski definition) is 5. The highest BCUT2D eigenvalue weighted by Crippen LogP contribution is 2.23. The Morgan fingerprint density at radius 2 is 2.00 bits per heavy atom. The summed E-state index contributed by atoms with van der Waals surface area (Å²) in [7, 11) is 0. The molecule has 0 radical (unpaired) electrons. The number of nitrogens with one attached hydrogen (secondary N) is 1. The maximum Gasteiger partial charge on any atom is 0.257 e. The number of alkyl halides is 2. The Kier molecular flexibility index (Phi) is 3.40. The van der Waals surface area contributed by atoms with Crippen LogP contribution in [0.15, 0.2) is 18.2 Å². The number of fused-ring (bicyclic) bond motifs is 1. The van der Waals surface area contributed by atoms with Crippen LogP contribution < -0.4 is 16.8 Å². The summed E-state index contributed by atoms with van der Waals surface area (Å²) in [5, 5.41) is 3.12. The van der Waals surface area contributed by atoms with Crippen LogP contribution in [0.3, 0.4) is 0 Å². The Labute approximate surface area is 112 Å². The molecule has 1 aromatic carbocycles. The van der Waals surface area contributed by atoms with Gasteiger partial charge in [0.1, 0.15) is 5.82 Å². The smallest absolute Gasteiger partial charge is 0.257 e. The third kappa shape index (κ3) is 2.55. The van der Waals surface area contributed by atoms with Gasteiger partial charge in [-0.05, 0) is 18.2 Å². The van der Waals surface area contributed by atoms with E-state index in [4.69, 9.17) is 34.7 Å². The third-order valence-corrected chi connectivity index (χ3v) is 2.60. The summed E-state index contributed by atoms with van der Waals surface area (Å²) in [6.07, 6.45) is 0. The highest BCUT2D eigenvalue weighted by molar-refractivity contribution is 6.54. The predicted octanol–water partition coefficient (Wildman–Crippen LogP) is 1.54. The molecule has 18 heavy (non-hydrogen) atoms. The van der Waals surface area contributed by atoms with Gasteiger partial charge in [0.05, 0.1) is 5.52 Å². The largest absolute Gasteiger partial charge is 0.383 e. The van der Waals surface area contributed by atoms with Crippen molar-refractivity contribution in [3.63, 3.8) is 0 Å². The van der Waals surface area contributed by atoms with Crippen molar-refractivity contribution in [1.29, 1.82) is 0 Å². The number of hydrogen-bond donors (Lipinski definition) is 3. The number of carbonyl (C=O) groups is 1. The fourth-order valence-corrected chi connectivity index (χ4v) is 1.55. The second kappa shape index (κ2) is 4.83. The Hall–Kier alpha value is -1.79. The molecule has 2 rings (SSSR count). The van der Waals surface area contributed by atoms with Crippen LogP contribution in [0.4, 0.5) is 17.5 Å². The van der Waals surface area contributed by atoms with Crippen LogP contribution in [0.1, 0.15) is 0 Å². The average Bonchev–Trinajstić information content (AvgIpc) is 2.29. The molecule has 0 aliphatic heterocycles. The van der Waals surface area contributed by atoms with Crippen molar-refractivity contribution in [3.05, 3.63) is 18.2 Å². The average molecular weight is 286 g/mol. The molecule has 0 aliphatic rings. The van der Waals surface area contributed by atoms with Crippen molar-refractivity contribution in [2.24, 2.45) is 0 Å². The molecule has 8 heteroatoms. The van der Waals surface area contributed by atoms with Crippen LogP contribution in [0.2, 0.25) is 0 Å². The van der Waals surface area contributed by atoms with Crippen molar-refractivity contribution < 1.29 is 4.79 Å². The monoisotopic (exact) mass is 285 g/mol. The maximum absolute atomic E-state index is 11.3. The molecule has 1 heterocycles. The number of aromatic nitrogens is 2. The quantitative estimate of drug-likeness (QED) is 0.726. The molecule has 0 saturated carbocycles. The molecule has 1 aromatic heterocycles. The summed E-state index contributed by atoms with van der Waals surface area (Å²) >= 11 is 10.9. The first-order valence-corrected chi connectivity index (χ1v) is 5.76. The van der Waals surface area contributed by atoms with Crippen molar-refractivity contribution in [2.45, 2.75) is 4.84 Å². The van der Waals surface area contributed by atoms with E-state index in [9.17, 15) is 4.79 Å². The van der Waals surface area contributed by atoms with Crippen LogP contribution in [-0.2, 0) is 4.79 Å². The number of nitrogens with two attached hydrogens (primary N) is 2. The van der Waals surface area contributed by atoms with Crippen LogP contribution in [-0.4, -0.2) is 20.7 Å². The number of nitrogens with zero attached hydrogens (tertiary/aromatic N) is 2. The lowest BCUT2D eigenvalue weighted by Crippen LogP contribution is -2.18. The highest BCUT2D eigenvalue weighted by atomic mass is 35.5. The number of rotatable bonds is 2. The summed E-state index contributed by atoms with van der Waals surface area (Å²) in [5.74, 6) is -0.187. The molecule has 2 aromatic rings. The Bertz CT molecular complexity index is 616. The molecule has 0 atom stereocenters. The summed E-state index contributed by atoms with van der Waals surface area (Å²) in [4.78, 5) is 18.0. The molecule has 5 N–H and O–H groups in total. The van der Waals surface area contributed by atoms with Gasteiger partial charge in [0.15, 0.2) is 4.84 Å². The Morgan fingerprint density at radius 1 is 1.28 bits per heavy atom. The minimum absolute atomic E-state index is 0.0957.